The summed E-state index contributed by atoms with van der Waals surface area (Å²) in [6.45, 7) is 2.96. The van der Waals surface area contributed by atoms with Crippen molar-refractivity contribution in [3.63, 3.8) is 0 Å². The van der Waals surface area contributed by atoms with Crippen molar-refractivity contribution in [2.45, 2.75) is 25.3 Å². The molecule has 3 rings (SSSR count). The lowest BCUT2D eigenvalue weighted by atomic mass is 9.90. The Labute approximate surface area is 112 Å². The van der Waals surface area contributed by atoms with E-state index in [1.165, 1.54) is 35.6 Å². The molecular weight excluding hydrogens is 242 g/mol. The highest BCUT2D eigenvalue weighted by Gasteiger charge is 2.43. The molecule has 3 nitrogen and oxygen atoms in total. The minimum Gasteiger partial charge on any atom is -0.369 e. The average Bonchev–Trinajstić information content (AvgIpc) is 2.69. The van der Waals surface area contributed by atoms with Crippen molar-refractivity contribution in [3.05, 3.63) is 29.8 Å². The van der Waals surface area contributed by atoms with E-state index in [0.29, 0.717) is 5.96 Å². The highest BCUT2D eigenvalue weighted by molar-refractivity contribution is 7.99. The van der Waals surface area contributed by atoms with Gasteiger partial charge in [-0.05, 0) is 43.4 Å². The molecule has 1 fully saturated rings. The second kappa shape index (κ2) is 4.50. The summed E-state index contributed by atoms with van der Waals surface area (Å²) in [6, 6.07) is 8.61. The Hall–Kier alpha value is -1.16. The Balaban J connectivity index is 1.96. The minimum absolute atomic E-state index is 0.143. The molecule has 18 heavy (non-hydrogen) atoms. The Morgan fingerprint density at radius 1 is 1.22 bits per heavy atom. The summed E-state index contributed by atoms with van der Waals surface area (Å²) in [6.07, 6.45) is 2.35. The predicted molar refractivity (Wildman–Crippen MR) is 79.4 cm³/mol. The third-order valence-corrected chi connectivity index (χ3v) is 4.94. The number of aryl methyl sites for hydroxylation is 1. The molecule has 0 radical (unpaired) electrons. The number of thioether (sulfide) groups is 1. The van der Waals surface area contributed by atoms with Crippen molar-refractivity contribution in [1.29, 1.82) is 0 Å². The maximum Gasteiger partial charge on any atom is 0.196 e. The van der Waals surface area contributed by atoms with Crippen LogP contribution in [0.1, 0.15) is 18.4 Å². The number of nitrogens with zero attached hydrogens (tertiary/aromatic N) is 2. The van der Waals surface area contributed by atoms with Crippen LogP contribution in [0.4, 0.5) is 5.69 Å². The van der Waals surface area contributed by atoms with Gasteiger partial charge >= 0.3 is 0 Å². The number of hydrogen-bond donors (Lipinski definition) is 1. The van der Waals surface area contributed by atoms with Gasteiger partial charge in [0.15, 0.2) is 5.96 Å². The molecule has 2 N–H and O–H groups in total. The molecule has 1 aromatic rings. The highest BCUT2D eigenvalue weighted by Crippen LogP contribution is 2.38. The number of hydrogen-bond acceptors (Lipinski definition) is 4. The van der Waals surface area contributed by atoms with Crippen LogP contribution in [0.2, 0.25) is 0 Å². The molecule has 1 spiro atoms. The van der Waals surface area contributed by atoms with E-state index >= 15 is 0 Å². The van der Waals surface area contributed by atoms with E-state index in [4.69, 9.17) is 5.73 Å². The molecule has 0 bridgehead atoms. The van der Waals surface area contributed by atoms with Crippen molar-refractivity contribution < 1.29 is 0 Å². The van der Waals surface area contributed by atoms with E-state index in [1.54, 1.807) is 0 Å². The number of rotatable bonds is 1. The Morgan fingerprint density at radius 3 is 2.56 bits per heavy atom. The van der Waals surface area contributed by atoms with Crippen LogP contribution in [-0.4, -0.2) is 29.5 Å². The topological polar surface area (TPSA) is 41.6 Å². The molecule has 0 atom stereocenters. The van der Waals surface area contributed by atoms with Crippen molar-refractivity contribution >= 4 is 23.4 Å². The van der Waals surface area contributed by atoms with Crippen molar-refractivity contribution in [3.8, 4) is 0 Å². The Morgan fingerprint density at radius 2 is 1.89 bits per heavy atom. The fourth-order valence-electron chi connectivity index (χ4n) is 2.85. The van der Waals surface area contributed by atoms with Gasteiger partial charge in [-0.3, -0.25) is 4.99 Å². The van der Waals surface area contributed by atoms with Crippen molar-refractivity contribution in [2.75, 3.05) is 23.0 Å². The van der Waals surface area contributed by atoms with Gasteiger partial charge < -0.3 is 10.6 Å². The summed E-state index contributed by atoms with van der Waals surface area (Å²) in [5.41, 5.74) is 8.73. The molecule has 0 aromatic heterocycles. The molecule has 0 saturated carbocycles. The van der Waals surface area contributed by atoms with E-state index in [1.807, 2.05) is 11.8 Å². The van der Waals surface area contributed by atoms with Gasteiger partial charge in [-0.1, -0.05) is 17.7 Å². The first-order valence-corrected chi connectivity index (χ1v) is 7.61. The normalized spacial score (nSPS) is 22.3. The minimum atomic E-state index is 0.143. The van der Waals surface area contributed by atoms with Gasteiger partial charge in [-0.25, -0.2) is 0 Å². The predicted octanol–water partition coefficient (Wildman–Crippen LogP) is 2.40. The van der Waals surface area contributed by atoms with Gasteiger partial charge in [0.2, 0.25) is 0 Å². The van der Waals surface area contributed by atoms with Crippen LogP contribution in [0.25, 0.3) is 0 Å². The Kier molecular flexibility index (Phi) is 2.98. The summed E-state index contributed by atoms with van der Waals surface area (Å²) < 4.78 is 0. The molecule has 1 aromatic carbocycles. The number of aliphatic imine (C=N–C) groups is 1. The van der Waals surface area contributed by atoms with Gasteiger partial charge in [0.25, 0.3) is 0 Å². The van der Waals surface area contributed by atoms with Gasteiger partial charge in [-0.2, -0.15) is 11.8 Å². The molecule has 2 heterocycles. The van der Waals surface area contributed by atoms with E-state index < -0.39 is 0 Å². The number of guanidine groups is 1. The van der Waals surface area contributed by atoms with Crippen LogP contribution in [0, 0.1) is 6.92 Å². The van der Waals surface area contributed by atoms with Crippen molar-refractivity contribution in [2.24, 2.45) is 10.7 Å². The van der Waals surface area contributed by atoms with Crippen LogP contribution < -0.4 is 10.6 Å². The first-order chi connectivity index (χ1) is 8.71. The summed E-state index contributed by atoms with van der Waals surface area (Å²) >= 11 is 2.04. The third kappa shape index (κ3) is 1.88. The first kappa shape index (κ1) is 11.9. The van der Waals surface area contributed by atoms with Crippen LogP contribution in [0.15, 0.2) is 29.3 Å². The molecule has 0 amide bonds. The maximum absolute atomic E-state index is 6.12. The molecule has 2 aliphatic heterocycles. The van der Waals surface area contributed by atoms with Gasteiger partial charge in [0.1, 0.15) is 0 Å². The Bertz CT molecular complexity index is 460. The fourth-order valence-corrected chi connectivity index (χ4v) is 4.10. The largest absolute Gasteiger partial charge is 0.369 e. The molecule has 2 aliphatic rings. The van der Waals surface area contributed by atoms with E-state index in [2.05, 4.69) is 41.1 Å². The average molecular weight is 261 g/mol. The quantitative estimate of drug-likeness (QED) is 0.844. The SMILES string of the molecule is Cc1ccc(N2C(N)=NCC23CCSCC3)cc1. The number of nitrogens with two attached hydrogens (primary N) is 1. The molecule has 0 unspecified atom stereocenters. The molecule has 1 saturated heterocycles. The van der Waals surface area contributed by atoms with E-state index in [-0.39, 0.29) is 5.54 Å². The summed E-state index contributed by atoms with van der Waals surface area (Å²) in [5, 5.41) is 0. The first-order valence-electron chi connectivity index (χ1n) is 6.46. The zero-order valence-corrected chi connectivity index (χ0v) is 11.5. The monoisotopic (exact) mass is 261 g/mol. The lowest BCUT2D eigenvalue weighted by Gasteiger charge is -2.41. The second-order valence-corrected chi connectivity index (χ2v) is 6.41. The lowest BCUT2D eigenvalue weighted by molar-refractivity contribution is 0.424. The summed E-state index contributed by atoms with van der Waals surface area (Å²) in [5.74, 6) is 3.11. The summed E-state index contributed by atoms with van der Waals surface area (Å²) in [7, 11) is 0. The highest BCUT2D eigenvalue weighted by atomic mass is 32.2. The standard InChI is InChI=1S/C14H19N3S/c1-11-2-4-12(5-3-11)17-13(15)16-10-14(17)6-8-18-9-7-14/h2-5H,6-10H2,1H3,(H2,15,16). The molecule has 4 heteroatoms. The fraction of sp³-hybridized carbons (Fsp3) is 0.500. The number of benzene rings is 1. The van der Waals surface area contributed by atoms with Crippen LogP contribution in [0.5, 0.6) is 0 Å². The second-order valence-electron chi connectivity index (χ2n) is 5.18. The van der Waals surface area contributed by atoms with Gasteiger partial charge in [0, 0.05) is 5.69 Å². The van der Waals surface area contributed by atoms with Crippen molar-refractivity contribution in [1.82, 2.24) is 0 Å². The number of anilines is 1. The van der Waals surface area contributed by atoms with Crippen LogP contribution >= 0.6 is 11.8 Å². The van der Waals surface area contributed by atoms with Crippen LogP contribution in [0.3, 0.4) is 0 Å². The molecule has 0 aliphatic carbocycles. The zero-order valence-electron chi connectivity index (χ0n) is 10.7. The van der Waals surface area contributed by atoms with E-state index in [0.717, 1.165) is 6.54 Å². The maximum atomic E-state index is 6.12. The smallest absolute Gasteiger partial charge is 0.196 e. The third-order valence-electron chi connectivity index (χ3n) is 3.95. The van der Waals surface area contributed by atoms with Gasteiger partial charge in [0.05, 0.1) is 12.1 Å². The van der Waals surface area contributed by atoms with Gasteiger partial charge in [-0.15, -0.1) is 0 Å². The summed E-state index contributed by atoms with van der Waals surface area (Å²) in [4.78, 5) is 6.77. The molecule has 96 valence electrons. The zero-order chi connectivity index (χ0) is 12.6. The lowest BCUT2D eigenvalue weighted by Crippen LogP contribution is -2.54. The molecular formula is C14H19N3S. The van der Waals surface area contributed by atoms with E-state index in [9.17, 15) is 0 Å². The van der Waals surface area contributed by atoms with Crippen LogP contribution in [-0.2, 0) is 0 Å².